The topological polar surface area (TPSA) is 215 Å². The second kappa shape index (κ2) is 23.0. The van der Waals surface area contributed by atoms with E-state index in [0.29, 0.717) is 36.2 Å². The van der Waals surface area contributed by atoms with Crippen LogP contribution in [-0.2, 0) is 37.9 Å². The lowest BCUT2D eigenvalue weighted by molar-refractivity contribution is -0.0704. The Morgan fingerprint density at radius 1 is 0.593 bits per heavy atom. The average molecular weight is 828 g/mol. The maximum atomic E-state index is 12.7. The van der Waals surface area contributed by atoms with Gasteiger partial charge < -0.3 is 66.6 Å². The van der Waals surface area contributed by atoms with E-state index < -0.39 is 62.9 Å². The number of amides is 2. The lowest BCUT2D eigenvalue weighted by Crippen LogP contribution is -2.48. The minimum Gasteiger partial charge on any atom is -0.490 e. The van der Waals surface area contributed by atoms with Crippen LogP contribution in [-0.4, -0.2) is 143 Å². The maximum Gasteiger partial charge on any atom is 0.514 e. The molecule has 0 bridgehead atoms. The van der Waals surface area contributed by atoms with Crippen molar-refractivity contribution < 1.29 is 80.8 Å². The summed E-state index contributed by atoms with van der Waals surface area (Å²) in [5.41, 5.74) is -0.333. The van der Waals surface area contributed by atoms with Crippen LogP contribution in [0.5, 0.6) is 23.0 Å². The fraction of sp³-hybridized carbons (Fsp3) is 0.436. The number of benzene rings is 2. The molecule has 2 aliphatic heterocycles. The first-order valence-electron chi connectivity index (χ1n) is 18.6. The Kier molecular flexibility index (Phi) is 17.0. The van der Waals surface area contributed by atoms with Crippen molar-refractivity contribution >= 4 is 30.3 Å². The highest BCUT2D eigenvalue weighted by molar-refractivity contribution is 5.94. The van der Waals surface area contributed by atoms with Gasteiger partial charge in [0, 0.05) is 25.5 Å². The van der Waals surface area contributed by atoms with Gasteiger partial charge in [-0.2, -0.15) is 0 Å². The summed E-state index contributed by atoms with van der Waals surface area (Å²) in [5.74, 6) is 0.323. The maximum absolute atomic E-state index is 12.7. The Bertz CT molecular complexity index is 1860. The summed E-state index contributed by atoms with van der Waals surface area (Å²) in [5, 5.41) is 0. The van der Waals surface area contributed by atoms with E-state index in [0.717, 1.165) is 18.5 Å². The van der Waals surface area contributed by atoms with Gasteiger partial charge in [0.15, 0.2) is 23.0 Å². The Morgan fingerprint density at radius 2 is 1.00 bits per heavy atom. The van der Waals surface area contributed by atoms with Crippen LogP contribution in [0.3, 0.4) is 0 Å². The molecule has 2 aromatic carbocycles. The van der Waals surface area contributed by atoms with Gasteiger partial charge >= 0.3 is 30.3 Å². The average Bonchev–Trinajstić information content (AvgIpc) is 3.26. The molecule has 1 aromatic heterocycles. The van der Waals surface area contributed by atoms with Crippen LogP contribution in [0.4, 0.5) is 14.4 Å². The molecule has 2 unspecified atom stereocenters. The Morgan fingerprint density at radius 3 is 1.44 bits per heavy atom. The van der Waals surface area contributed by atoms with Crippen LogP contribution in [0.25, 0.3) is 0 Å². The van der Waals surface area contributed by atoms with Crippen LogP contribution >= 0.6 is 0 Å². The van der Waals surface area contributed by atoms with Crippen molar-refractivity contribution in [3.63, 3.8) is 0 Å². The predicted octanol–water partition coefficient (Wildman–Crippen LogP) is 4.05. The van der Waals surface area contributed by atoms with E-state index in [2.05, 4.69) is 4.98 Å². The number of esters is 2. The normalized spacial score (nSPS) is 16.2. The molecular formula is C39H45N3O17. The van der Waals surface area contributed by atoms with E-state index in [1.807, 2.05) is 38.1 Å². The minimum atomic E-state index is -1.29. The molecule has 3 heterocycles. The zero-order valence-corrected chi connectivity index (χ0v) is 32.5. The largest absolute Gasteiger partial charge is 0.514 e. The molecule has 318 valence electrons. The summed E-state index contributed by atoms with van der Waals surface area (Å²) in [6, 6.07) is 15.5. The number of nitrogens with zero attached hydrogens (tertiary/aromatic N) is 3. The molecule has 20 nitrogen and oxygen atoms in total. The zero-order valence-electron chi connectivity index (χ0n) is 32.5. The molecule has 0 spiro atoms. The quantitative estimate of drug-likeness (QED) is 0.100. The first-order valence-corrected chi connectivity index (χ1v) is 18.6. The summed E-state index contributed by atoms with van der Waals surface area (Å²) in [7, 11) is 0. The molecule has 3 aromatic rings. The number of pyridine rings is 1. The third-order valence-electron chi connectivity index (χ3n) is 8.25. The summed E-state index contributed by atoms with van der Waals surface area (Å²) in [6.07, 6.45) is -1.45. The van der Waals surface area contributed by atoms with Crippen molar-refractivity contribution in [3.05, 3.63) is 78.1 Å². The molecule has 2 atom stereocenters. The SMILES string of the molecule is CCOc1ccccc1OCC1CN(C(=O)OCOC(=O)OCOC(=O)c2cncc(C(=O)OCOC(=O)N3CCOC(COc4ccccc4OCC)C3)c2)CCO1. The van der Waals surface area contributed by atoms with Gasteiger partial charge in [0.25, 0.3) is 0 Å². The van der Waals surface area contributed by atoms with Crippen molar-refractivity contribution in [2.75, 3.05) is 86.2 Å². The number of hydrogen-bond acceptors (Lipinski definition) is 18. The molecule has 59 heavy (non-hydrogen) atoms. The smallest absolute Gasteiger partial charge is 0.490 e. The van der Waals surface area contributed by atoms with E-state index in [4.69, 9.17) is 56.8 Å². The molecule has 2 aliphatic rings. The van der Waals surface area contributed by atoms with E-state index in [1.54, 1.807) is 24.3 Å². The van der Waals surface area contributed by atoms with E-state index in [1.165, 1.54) is 9.80 Å². The zero-order chi connectivity index (χ0) is 41.8. The second-order valence-electron chi connectivity index (χ2n) is 12.3. The molecule has 5 rings (SSSR count). The number of rotatable bonds is 18. The number of ether oxygens (including phenoxy) is 12. The van der Waals surface area contributed by atoms with Gasteiger partial charge in [-0.05, 0) is 44.2 Å². The van der Waals surface area contributed by atoms with Gasteiger partial charge in [-0.1, -0.05) is 24.3 Å². The number of carbonyl (C=O) groups excluding carboxylic acids is 5. The summed E-state index contributed by atoms with van der Waals surface area (Å²) < 4.78 is 63.7. The molecule has 0 radical (unpaired) electrons. The lowest BCUT2D eigenvalue weighted by Gasteiger charge is -2.32. The number of carbonyl (C=O) groups is 5. The monoisotopic (exact) mass is 827 g/mol. The first-order chi connectivity index (χ1) is 28.7. The van der Waals surface area contributed by atoms with Crippen molar-refractivity contribution in [2.45, 2.75) is 26.1 Å². The second-order valence-corrected chi connectivity index (χ2v) is 12.3. The van der Waals surface area contributed by atoms with Crippen molar-refractivity contribution in [1.82, 2.24) is 14.8 Å². The predicted molar refractivity (Wildman–Crippen MR) is 199 cm³/mol. The number of aromatic nitrogens is 1. The summed E-state index contributed by atoms with van der Waals surface area (Å²) in [4.78, 5) is 68.9. The third kappa shape index (κ3) is 13.8. The molecule has 2 fully saturated rings. The minimum absolute atomic E-state index is 0.151. The molecular weight excluding hydrogens is 782 g/mol. The lowest BCUT2D eigenvalue weighted by atomic mass is 10.2. The molecule has 2 amide bonds. The Balaban J connectivity index is 0.946. The highest BCUT2D eigenvalue weighted by Gasteiger charge is 2.28. The fourth-order valence-corrected chi connectivity index (χ4v) is 5.47. The van der Waals surface area contributed by atoms with Crippen LogP contribution in [0.1, 0.15) is 34.6 Å². The van der Waals surface area contributed by atoms with Gasteiger partial charge in [-0.3, -0.25) is 4.98 Å². The Labute approximate surface area is 338 Å². The van der Waals surface area contributed by atoms with Gasteiger partial charge in [0.2, 0.25) is 20.4 Å². The highest BCUT2D eigenvalue weighted by Crippen LogP contribution is 2.28. The number of hydrogen-bond donors (Lipinski definition) is 0. The third-order valence-corrected chi connectivity index (χ3v) is 8.25. The molecule has 2 saturated heterocycles. The van der Waals surface area contributed by atoms with Gasteiger partial charge in [-0.25, -0.2) is 24.0 Å². The van der Waals surface area contributed by atoms with Crippen molar-refractivity contribution in [3.8, 4) is 23.0 Å². The van der Waals surface area contributed by atoms with E-state index >= 15 is 0 Å². The Hall–Kier alpha value is -6.54. The fourth-order valence-electron chi connectivity index (χ4n) is 5.47. The molecule has 0 N–H and O–H groups in total. The molecule has 20 heteroatoms. The number of morpholine rings is 2. The van der Waals surface area contributed by atoms with Gasteiger partial charge in [0.05, 0.1) is 50.6 Å². The van der Waals surface area contributed by atoms with Crippen molar-refractivity contribution in [1.29, 1.82) is 0 Å². The van der Waals surface area contributed by atoms with E-state index in [9.17, 15) is 24.0 Å². The molecule has 0 aliphatic carbocycles. The van der Waals surface area contributed by atoms with Gasteiger partial charge in [-0.15, -0.1) is 0 Å². The van der Waals surface area contributed by atoms with Crippen LogP contribution < -0.4 is 18.9 Å². The highest BCUT2D eigenvalue weighted by atomic mass is 16.8. The molecule has 0 saturated carbocycles. The first kappa shape index (κ1) is 43.6. The van der Waals surface area contributed by atoms with Gasteiger partial charge in [0.1, 0.15) is 25.4 Å². The summed E-state index contributed by atoms with van der Waals surface area (Å²) in [6.45, 7) is 3.92. The van der Waals surface area contributed by atoms with Crippen LogP contribution in [0, 0.1) is 0 Å². The van der Waals surface area contributed by atoms with Crippen LogP contribution in [0.2, 0.25) is 0 Å². The standard InChI is InChI=1S/C39H45N3O17/c1-3-48-31-9-5-7-11-33(31)52-22-29-20-41(13-15-50-29)37(45)56-24-54-35(43)27-17-28(19-40-18-27)36(44)55-25-58-39(47)59-26-57-38(46)42-14-16-51-30(21-42)23-53-34-12-8-6-10-32(34)49-4-2/h5-12,17-19,29-30H,3-4,13-16,20-26H2,1-2H3. The summed E-state index contributed by atoms with van der Waals surface area (Å²) >= 11 is 0. The number of para-hydroxylation sites is 4. The van der Waals surface area contributed by atoms with Crippen molar-refractivity contribution in [2.24, 2.45) is 0 Å². The van der Waals surface area contributed by atoms with E-state index in [-0.39, 0.29) is 63.7 Å². The van der Waals surface area contributed by atoms with Crippen LogP contribution in [0.15, 0.2) is 67.0 Å².